The van der Waals surface area contributed by atoms with Crippen LogP contribution in [0.15, 0.2) is 0 Å². The van der Waals surface area contributed by atoms with Crippen molar-refractivity contribution >= 4 is 17.7 Å². The van der Waals surface area contributed by atoms with Gasteiger partial charge in [0, 0.05) is 43.7 Å². The molecule has 1 aliphatic rings. The first-order valence-corrected chi connectivity index (χ1v) is 7.26. The molecule has 1 atom stereocenters. The van der Waals surface area contributed by atoms with Crippen LogP contribution in [0.25, 0.3) is 0 Å². The minimum absolute atomic E-state index is 0.107. The molecule has 0 radical (unpaired) electrons. The quantitative estimate of drug-likeness (QED) is 0.663. The molecule has 17 heavy (non-hydrogen) atoms. The molecule has 1 unspecified atom stereocenters. The topological polar surface area (TPSA) is 32.8 Å². The Bertz CT molecular complexity index is 231. The number of rotatable bonds is 6. The maximum absolute atomic E-state index is 11.1. The molecule has 0 amide bonds. The van der Waals surface area contributed by atoms with Gasteiger partial charge >= 0.3 is 5.97 Å². The van der Waals surface area contributed by atoms with Crippen LogP contribution in [-0.4, -0.2) is 73.7 Å². The van der Waals surface area contributed by atoms with Gasteiger partial charge in [-0.3, -0.25) is 9.69 Å². The summed E-state index contributed by atoms with van der Waals surface area (Å²) in [5, 5.41) is 0.356. The Balaban J connectivity index is 2.05. The summed E-state index contributed by atoms with van der Waals surface area (Å²) in [6, 6.07) is 0. The SMILES string of the molecule is COC(=O)CC(C)SCCN1CCN(C)CC1. The number of hydrogen-bond acceptors (Lipinski definition) is 5. The zero-order valence-corrected chi connectivity index (χ0v) is 12.0. The van der Waals surface area contributed by atoms with E-state index >= 15 is 0 Å². The van der Waals surface area contributed by atoms with Gasteiger partial charge in [0.05, 0.1) is 13.5 Å². The van der Waals surface area contributed by atoms with E-state index in [0.29, 0.717) is 11.7 Å². The summed E-state index contributed by atoms with van der Waals surface area (Å²) in [6.07, 6.45) is 0.518. The molecule has 5 heteroatoms. The number of nitrogens with zero attached hydrogens (tertiary/aromatic N) is 2. The number of piperazine rings is 1. The average molecular weight is 260 g/mol. The third-order valence-corrected chi connectivity index (χ3v) is 4.24. The van der Waals surface area contributed by atoms with E-state index in [-0.39, 0.29) is 5.97 Å². The fourth-order valence-corrected chi connectivity index (χ4v) is 2.85. The predicted octanol–water partition coefficient (Wildman–Crippen LogP) is 0.919. The molecule has 0 N–H and O–H groups in total. The number of thioether (sulfide) groups is 1. The molecular formula is C12H24N2O2S. The minimum Gasteiger partial charge on any atom is -0.469 e. The van der Waals surface area contributed by atoms with Crippen molar-refractivity contribution in [3.8, 4) is 0 Å². The molecule has 0 aromatic heterocycles. The molecule has 1 saturated heterocycles. The molecule has 0 aromatic rings. The lowest BCUT2D eigenvalue weighted by atomic mass is 10.3. The smallest absolute Gasteiger partial charge is 0.306 e. The highest BCUT2D eigenvalue weighted by molar-refractivity contribution is 7.99. The van der Waals surface area contributed by atoms with Gasteiger partial charge in [0.15, 0.2) is 0 Å². The summed E-state index contributed by atoms with van der Waals surface area (Å²) < 4.78 is 4.66. The molecule has 0 saturated carbocycles. The molecule has 0 spiro atoms. The molecule has 1 rings (SSSR count). The molecule has 1 heterocycles. The maximum Gasteiger partial charge on any atom is 0.306 e. The second-order valence-corrected chi connectivity index (χ2v) is 6.15. The van der Waals surface area contributed by atoms with Gasteiger partial charge in [-0.1, -0.05) is 6.92 Å². The standard InChI is InChI=1S/C12H24N2O2S/c1-11(10-12(15)16-3)17-9-8-14-6-4-13(2)5-7-14/h11H,4-10H2,1-3H3. The fraction of sp³-hybridized carbons (Fsp3) is 0.917. The van der Waals surface area contributed by atoms with Crippen LogP contribution in [0.2, 0.25) is 0 Å². The Labute approximate surface area is 109 Å². The van der Waals surface area contributed by atoms with Gasteiger partial charge in [0.25, 0.3) is 0 Å². The first kappa shape index (κ1) is 14.8. The van der Waals surface area contributed by atoms with Crippen LogP contribution >= 0.6 is 11.8 Å². The van der Waals surface area contributed by atoms with E-state index in [4.69, 9.17) is 0 Å². The molecule has 0 bridgehead atoms. The van der Waals surface area contributed by atoms with E-state index in [0.717, 1.165) is 12.3 Å². The second-order valence-electron chi connectivity index (χ2n) is 4.61. The zero-order chi connectivity index (χ0) is 12.7. The Morgan fingerprint density at radius 2 is 2.00 bits per heavy atom. The monoisotopic (exact) mass is 260 g/mol. The minimum atomic E-state index is -0.107. The van der Waals surface area contributed by atoms with Crippen molar-refractivity contribution < 1.29 is 9.53 Å². The van der Waals surface area contributed by atoms with Gasteiger partial charge in [-0.2, -0.15) is 11.8 Å². The van der Waals surface area contributed by atoms with Crippen LogP contribution in [0.4, 0.5) is 0 Å². The van der Waals surface area contributed by atoms with Crippen molar-refractivity contribution in [3.05, 3.63) is 0 Å². The average Bonchev–Trinajstić information content (AvgIpc) is 2.31. The van der Waals surface area contributed by atoms with Gasteiger partial charge in [0.1, 0.15) is 0 Å². The summed E-state index contributed by atoms with van der Waals surface area (Å²) in [6.45, 7) is 7.89. The molecule has 100 valence electrons. The van der Waals surface area contributed by atoms with E-state index in [1.54, 1.807) is 0 Å². The Morgan fingerprint density at radius 3 is 2.59 bits per heavy atom. The molecule has 4 nitrogen and oxygen atoms in total. The third-order valence-electron chi connectivity index (χ3n) is 3.09. The molecular weight excluding hydrogens is 236 g/mol. The lowest BCUT2D eigenvalue weighted by molar-refractivity contribution is -0.140. The summed E-state index contributed by atoms with van der Waals surface area (Å²) >= 11 is 1.86. The van der Waals surface area contributed by atoms with Crippen LogP contribution in [0.5, 0.6) is 0 Å². The summed E-state index contributed by atoms with van der Waals surface area (Å²) in [7, 11) is 3.62. The highest BCUT2D eigenvalue weighted by Crippen LogP contribution is 2.15. The number of carbonyl (C=O) groups excluding carboxylic acids is 1. The van der Waals surface area contributed by atoms with Crippen LogP contribution in [0.3, 0.4) is 0 Å². The van der Waals surface area contributed by atoms with E-state index in [9.17, 15) is 4.79 Å². The van der Waals surface area contributed by atoms with Crippen molar-refractivity contribution in [2.75, 3.05) is 52.6 Å². The summed E-state index contributed by atoms with van der Waals surface area (Å²) in [5.41, 5.74) is 0. The highest BCUT2D eigenvalue weighted by atomic mass is 32.2. The van der Waals surface area contributed by atoms with Gasteiger partial charge in [-0.25, -0.2) is 0 Å². The number of likely N-dealkylation sites (N-methyl/N-ethyl adjacent to an activating group) is 1. The lowest BCUT2D eigenvalue weighted by Gasteiger charge is -2.32. The molecule has 1 fully saturated rings. The van der Waals surface area contributed by atoms with E-state index in [2.05, 4.69) is 28.5 Å². The van der Waals surface area contributed by atoms with E-state index in [1.807, 2.05) is 11.8 Å². The van der Waals surface area contributed by atoms with Crippen molar-refractivity contribution in [1.82, 2.24) is 9.80 Å². The molecule has 1 aliphatic heterocycles. The number of carbonyl (C=O) groups is 1. The van der Waals surface area contributed by atoms with Gasteiger partial charge in [-0.05, 0) is 7.05 Å². The van der Waals surface area contributed by atoms with Gasteiger partial charge < -0.3 is 9.64 Å². The number of methoxy groups -OCH3 is 1. The van der Waals surface area contributed by atoms with E-state index in [1.165, 1.54) is 33.3 Å². The van der Waals surface area contributed by atoms with Gasteiger partial charge in [0.2, 0.25) is 0 Å². The third kappa shape index (κ3) is 6.29. The normalized spacial score (nSPS) is 20.2. The summed E-state index contributed by atoms with van der Waals surface area (Å²) in [4.78, 5) is 15.9. The van der Waals surface area contributed by atoms with Crippen molar-refractivity contribution in [3.63, 3.8) is 0 Å². The Hall–Kier alpha value is -0.260. The predicted molar refractivity (Wildman–Crippen MR) is 72.5 cm³/mol. The molecule has 0 aromatic carbocycles. The Morgan fingerprint density at radius 1 is 1.35 bits per heavy atom. The van der Waals surface area contributed by atoms with E-state index < -0.39 is 0 Å². The fourth-order valence-electron chi connectivity index (χ4n) is 1.83. The van der Waals surface area contributed by atoms with Crippen LogP contribution in [0, 0.1) is 0 Å². The first-order chi connectivity index (χ1) is 8.11. The largest absolute Gasteiger partial charge is 0.469 e. The van der Waals surface area contributed by atoms with Crippen LogP contribution < -0.4 is 0 Å². The zero-order valence-electron chi connectivity index (χ0n) is 11.1. The number of hydrogen-bond donors (Lipinski definition) is 0. The summed E-state index contributed by atoms with van der Waals surface area (Å²) in [5.74, 6) is 0.992. The Kier molecular flexibility index (Phi) is 6.92. The van der Waals surface area contributed by atoms with Crippen LogP contribution in [0.1, 0.15) is 13.3 Å². The van der Waals surface area contributed by atoms with Crippen LogP contribution in [-0.2, 0) is 9.53 Å². The van der Waals surface area contributed by atoms with Gasteiger partial charge in [-0.15, -0.1) is 0 Å². The van der Waals surface area contributed by atoms with Crippen molar-refractivity contribution in [1.29, 1.82) is 0 Å². The highest BCUT2D eigenvalue weighted by Gasteiger charge is 2.14. The first-order valence-electron chi connectivity index (χ1n) is 6.21. The van der Waals surface area contributed by atoms with Crippen molar-refractivity contribution in [2.24, 2.45) is 0 Å². The molecule has 0 aliphatic carbocycles. The lowest BCUT2D eigenvalue weighted by Crippen LogP contribution is -2.45. The van der Waals surface area contributed by atoms with Crippen molar-refractivity contribution in [2.45, 2.75) is 18.6 Å². The maximum atomic E-state index is 11.1. The second kappa shape index (κ2) is 7.95. The number of ether oxygens (including phenoxy) is 1. The number of esters is 1.